The Bertz CT molecular complexity index is 464. The van der Waals surface area contributed by atoms with E-state index in [2.05, 4.69) is 5.10 Å². The summed E-state index contributed by atoms with van der Waals surface area (Å²) in [4.78, 5) is 0. The molecule has 4 nitrogen and oxygen atoms in total. The van der Waals surface area contributed by atoms with Gasteiger partial charge < -0.3 is 10.5 Å². The quantitative estimate of drug-likeness (QED) is 0.618. The molecule has 0 aliphatic carbocycles. The van der Waals surface area contributed by atoms with E-state index in [1.165, 1.54) is 0 Å². The van der Waals surface area contributed by atoms with Crippen molar-refractivity contribution in [2.45, 2.75) is 19.9 Å². The van der Waals surface area contributed by atoms with E-state index < -0.39 is 0 Å². The van der Waals surface area contributed by atoms with Gasteiger partial charge in [-0.1, -0.05) is 0 Å². The minimum absolute atomic E-state index is 0.771. The van der Waals surface area contributed by atoms with Crippen LogP contribution in [0, 0.1) is 0 Å². The lowest BCUT2D eigenvalue weighted by Gasteiger charge is -2.04. The fourth-order valence-corrected chi connectivity index (χ4v) is 1.73. The summed E-state index contributed by atoms with van der Waals surface area (Å²) < 4.78 is 7.28. The van der Waals surface area contributed by atoms with Crippen LogP contribution in [0.2, 0.25) is 0 Å². The number of benzene rings is 1. The van der Waals surface area contributed by atoms with Gasteiger partial charge in [0.25, 0.3) is 0 Å². The van der Waals surface area contributed by atoms with Gasteiger partial charge in [-0.3, -0.25) is 4.68 Å². The molecule has 0 aliphatic heterocycles. The number of anilines is 1. The Morgan fingerprint density at radius 3 is 3.12 bits per heavy atom. The zero-order valence-electron chi connectivity index (χ0n) is 9.52. The highest BCUT2D eigenvalue weighted by molar-refractivity contribution is 5.81. The second-order valence-electron chi connectivity index (χ2n) is 3.74. The minimum atomic E-state index is 0.771. The first-order valence-corrected chi connectivity index (χ1v) is 5.60. The fourth-order valence-electron chi connectivity index (χ4n) is 1.73. The third-order valence-corrected chi connectivity index (χ3v) is 2.53. The Balaban J connectivity index is 2.09. The number of nitrogen functional groups attached to an aromatic ring is 1. The highest BCUT2D eigenvalue weighted by Gasteiger charge is 2.02. The second-order valence-corrected chi connectivity index (χ2v) is 3.74. The van der Waals surface area contributed by atoms with Gasteiger partial charge >= 0.3 is 0 Å². The van der Waals surface area contributed by atoms with Crippen LogP contribution < -0.4 is 5.73 Å². The summed E-state index contributed by atoms with van der Waals surface area (Å²) in [5.74, 6) is 0. The molecule has 0 spiro atoms. The largest absolute Gasteiger partial charge is 0.399 e. The molecule has 0 bridgehead atoms. The normalized spacial score (nSPS) is 11.1. The molecule has 0 unspecified atom stereocenters. The molecule has 0 atom stereocenters. The first-order chi connectivity index (χ1) is 7.81. The Morgan fingerprint density at radius 1 is 1.44 bits per heavy atom. The second kappa shape index (κ2) is 4.99. The predicted octanol–water partition coefficient (Wildman–Crippen LogP) is 2.05. The standard InChI is InChI=1S/C12H17N3O/c1-2-16-7-3-6-15-12-8-11(13)5-4-10(12)9-14-15/h4-5,8-9H,2-3,6-7,13H2,1H3. The number of rotatable bonds is 5. The van der Waals surface area contributed by atoms with Gasteiger partial charge in [0.1, 0.15) is 0 Å². The minimum Gasteiger partial charge on any atom is -0.399 e. The molecule has 0 saturated carbocycles. The first-order valence-electron chi connectivity index (χ1n) is 5.60. The van der Waals surface area contributed by atoms with Crippen LogP contribution in [-0.2, 0) is 11.3 Å². The molecule has 0 radical (unpaired) electrons. The van der Waals surface area contributed by atoms with Crippen LogP contribution in [0.1, 0.15) is 13.3 Å². The topological polar surface area (TPSA) is 53.1 Å². The van der Waals surface area contributed by atoms with Gasteiger partial charge in [0.2, 0.25) is 0 Å². The molecule has 0 saturated heterocycles. The van der Waals surface area contributed by atoms with Crippen molar-refractivity contribution in [3.05, 3.63) is 24.4 Å². The summed E-state index contributed by atoms with van der Waals surface area (Å²) in [5.41, 5.74) is 7.63. The molecule has 86 valence electrons. The summed E-state index contributed by atoms with van der Waals surface area (Å²) in [7, 11) is 0. The van der Waals surface area contributed by atoms with Crippen LogP contribution in [0.5, 0.6) is 0 Å². The number of nitrogens with two attached hydrogens (primary N) is 1. The van der Waals surface area contributed by atoms with Crippen molar-refractivity contribution in [1.82, 2.24) is 9.78 Å². The predicted molar refractivity (Wildman–Crippen MR) is 65.3 cm³/mol. The van der Waals surface area contributed by atoms with Gasteiger partial charge in [0, 0.05) is 30.8 Å². The molecule has 1 heterocycles. The summed E-state index contributed by atoms with van der Waals surface area (Å²) in [5, 5.41) is 5.47. The van der Waals surface area contributed by atoms with E-state index in [9.17, 15) is 0 Å². The van der Waals surface area contributed by atoms with Gasteiger partial charge in [-0.25, -0.2) is 0 Å². The summed E-state index contributed by atoms with van der Waals surface area (Å²) in [6.45, 7) is 4.42. The highest BCUT2D eigenvalue weighted by Crippen LogP contribution is 2.17. The van der Waals surface area contributed by atoms with Crippen LogP contribution in [0.4, 0.5) is 5.69 Å². The molecule has 1 aromatic heterocycles. The molecule has 2 rings (SSSR count). The highest BCUT2D eigenvalue weighted by atomic mass is 16.5. The Labute approximate surface area is 95.0 Å². The fraction of sp³-hybridized carbons (Fsp3) is 0.417. The van der Waals surface area contributed by atoms with Crippen molar-refractivity contribution in [3.63, 3.8) is 0 Å². The molecular formula is C12H17N3O. The van der Waals surface area contributed by atoms with Crippen molar-refractivity contribution < 1.29 is 4.74 Å². The third kappa shape index (κ3) is 2.33. The molecule has 1 aromatic carbocycles. The van der Waals surface area contributed by atoms with E-state index in [1.54, 1.807) is 0 Å². The Morgan fingerprint density at radius 2 is 2.31 bits per heavy atom. The molecule has 16 heavy (non-hydrogen) atoms. The summed E-state index contributed by atoms with van der Waals surface area (Å²) in [6, 6.07) is 5.86. The van der Waals surface area contributed by atoms with E-state index in [4.69, 9.17) is 10.5 Å². The van der Waals surface area contributed by atoms with Gasteiger partial charge in [-0.05, 0) is 31.5 Å². The smallest absolute Gasteiger partial charge is 0.0702 e. The third-order valence-electron chi connectivity index (χ3n) is 2.53. The van der Waals surface area contributed by atoms with E-state index >= 15 is 0 Å². The van der Waals surface area contributed by atoms with Crippen molar-refractivity contribution in [1.29, 1.82) is 0 Å². The molecule has 0 amide bonds. The van der Waals surface area contributed by atoms with E-state index in [1.807, 2.05) is 36.0 Å². The molecular weight excluding hydrogens is 202 g/mol. The summed E-state index contributed by atoms with van der Waals surface area (Å²) in [6.07, 6.45) is 2.84. The Hall–Kier alpha value is -1.55. The molecule has 2 aromatic rings. The lowest BCUT2D eigenvalue weighted by Crippen LogP contribution is -2.04. The van der Waals surface area contributed by atoms with Crippen LogP contribution in [0.3, 0.4) is 0 Å². The monoisotopic (exact) mass is 219 g/mol. The van der Waals surface area contributed by atoms with Crippen LogP contribution >= 0.6 is 0 Å². The average Bonchev–Trinajstić information content (AvgIpc) is 2.67. The number of ether oxygens (including phenoxy) is 1. The lowest BCUT2D eigenvalue weighted by atomic mass is 10.2. The average molecular weight is 219 g/mol. The zero-order valence-corrected chi connectivity index (χ0v) is 9.52. The molecule has 0 aliphatic rings. The van der Waals surface area contributed by atoms with Crippen LogP contribution in [0.25, 0.3) is 10.9 Å². The van der Waals surface area contributed by atoms with Gasteiger partial charge in [-0.15, -0.1) is 0 Å². The van der Waals surface area contributed by atoms with Crippen molar-refractivity contribution in [3.8, 4) is 0 Å². The van der Waals surface area contributed by atoms with Crippen LogP contribution in [-0.4, -0.2) is 23.0 Å². The maximum Gasteiger partial charge on any atom is 0.0702 e. The maximum atomic E-state index is 5.76. The van der Waals surface area contributed by atoms with E-state index in [0.717, 1.165) is 42.8 Å². The molecule has 2 N–H and O–H groups in total. The number of nitrogens with zero attached hydrogens (tertiary/aromatic N) is 2. The van der Waals surface area contributed by atoms with E-state index in [-0.39, 0.29) is 0 Å². The summed E-state index contributed by atoms with van der Waals surface area (Å²) >= 11 is 0. The van der Waals surface area contributed by atoms with Gasteiger partial charge in [-0.2, -0.15) is 5.10 Å². The number of hydrogen-bond donors (Lipinski definition) is 1. The van der Waals surface area contributed by atoms with Gasteiger partial charge in [0.15, 0.2) is 0 Å². The molecule has 4 heteroatoms. The van der Waals surface area contributed by atoms with Crippen LogP contribution in [0.15, 0.2) is 24.4 Å². The number of aryl methyl sites for hydroxylation is 1. The molecule has 0 fully saturated rings. The van der Waals surface area contributed by atoms with Crippen molar-refractivity contribution in [2.24, 2.45) is 0 Å². The SMILES string of the molecule is CCOCCCn1ncc2ccc(N)cc21. The van der Waals surface area contributed by atoms with E-state index in [0.29, 0.717) is 0 Å². The Kier molecular flexibility index (Phi) is 3.41. The zero-order chi connectivity index (χ0) is 11.4. The number of fused-ring (bicyclic) bond motifs is 1. The first kappa shape index (κ1) is 11.0. The maximum absolute atomic E-state index is 5.76. The van der Waals surface area contributed by atoms with Crippen molar-refractivity contribution in [2.75, 3.05) is 18.9 Å². The van der Waals surface area contributed by atoms with Gasteiger partial charge in [0.05, 0.1) is 11.7 Å². The van der Waals surface area contributed by atoms with Crippen molar-refractivity contribution >= 4 is 16.6 Å². The number of hydrogen-bond acceptors (Lipinski definition) is 3. The number of aromatic nitrogens is 2. The lowest BCUT2D eigenvalue weighted by molar-refractivity contribution is 0.141.